The molecule has 0 bridgehead atoms. The minimum absolute atomic E-state index is 0.0128. The number of pyridine rings is 1. The number of nitrogen functional groups attached to an aromatic ring is 1. The lowest BCUT2D eigenvalue weighted by atomic mass is 10.1. The first-order valence-electron chi connectivity index (χ1n) is 8.62. The number of hydrogen-bond acceptors (Lipinski definition) is 7. The highest BCUT2D eigenvalue weighted by Gasteiger charge is 2.26. The highest BCUT2D eigenvalue weighted by atomic mass is 16.5. The Kier molecular flexibility index (Phi) is 6.91. The van der Waals surface area contributed by atoms with E-state index < -0.39 is 29.2 Å². The molecule has 9 heteroatoms. The highest BCUT2D eigenvalue weighted by molar-refractivity contribution is 6.06. The number of nitrogens with two attached hydrogens (primary N) is 1. The van der Waals surface area contributed by atoms with Gasteiger partial charge in [0.2, 0.25) is 5.91 Å². The fourth-order valence-corrected chi connectivity index (χ4v) is 2.48. The van der Waals surface area contributed by atoms with Crippen molar-refractivity contribution in [1.82, 2.24) is 4.68 Å². The normalized spacial score (nSPS) is 10.2. The molecule has 0 atom stereocenters. The zero-order valence-electron chi connectivity index (χ0n) is 15.6. The number of hydrogen-bond donors (Lipinski definition) is 2. The topological polar surface area (TPSA) is 130 Å². The summed E-state index contributed by atoms with van der Waals surface area (Å²) in [6.07, 6.45) is -0.0128. The van der Waals surface area contributed by atoms with Crippen molar-refractivity contribution < 1.29 is 23.9 Å². The predicted molar refractivity (Wildman–Crippen MR) is 102 cm³/mol. The van der Waals surface area contributed by atoms with E-state index in [0.717, 1.165) is 11.6 Å². The minimum atomic E-state index is -0.908. The summed E-state index contributed by atoms with van der Waals surface area (Å²) in [5, 5.41) is 0. The van der Waals surface area contributed by atoms with Crippen LogP contribution in [0.3, 0.4) is 0 Å². The van der Waals surface area contributed by atoms with Crippen molar-refractivity contribution in [2.75, 3.05) is 24.4 Å². The van der Waals surface area contributed by atoms with E-state index in [1.165, 1.54) is 0 Å². The summed E-state index contributed by atoms with van der Waals surface area (Å²) in [7, 11) is 0. The first-order chi connectivity index (χ1) is 13.4. The molecule has 0 aliphatic rings. The highest BCUT2D eigenvalue weighted by Crippen LogP contribution is 2.17. The third kappa shape index (κ3) is 4.76. The van der Waals surface area contributed by atoms with Gasteiger partial charge >= 0.3 is 11.9 Å². The molecule has 2 aromatic rings. The van der Waals surface area contributed by atoms with Crippen LogP contribution >= 0.6 is 0 Å². The van der Waals surface area contributed by atoms with Crippen LogP contribution in [0.15, 0.2) is 41.2 Å². The maximum Gasteiger partial charge on any atom is 0.342 e. The van der Waals surface area contributed by atoms with Gasteiger partial charge in [-0.15, -0.1) is 0 Å². The van der Waals surface area contributed by atoms with Crippen molar-refractivity contribution in [2.45, 2.75) is 20.3 Å². The van der Waals surface area contributed by atoms with Gasteiger partial charge < -0.3 is 15.2 Å². The van der Waals surface area contributed by atoms with E-state index in [0.29, 0.717) is 4.68 Å². The number of rotatable bonds is 7. The molecule has 0 saturated carbocycles. The molecule has 0 aliphatic heterocycles. The number of esters is 2. The Hall–Kier alpha value is -3.62. The average Bonchev–Trinajstić information content (AvgIpc) is 2.65. The second-order valence-electron chi connectivity index (χ2n) is 5.63. The second kappa shape index (κ2) is 9.36. The Balaban J connectivity index is 2.43. The summed E-state index contributed by atoms with van der Waals surface area (Å²) >= 11 is 0. The molecule has 28 heavy (non-hydrogen) atoms. The number of anilines is 1. The SMILES string of the molecule is CCOC(=O)c1cc(=O)n(NC(=O)Cc2ccccc2)c(N)c1C(=O)OCC. The Bertz CT molecular complexity index is 937. The smallest absolute Gasteiger partial charge is 0.342 e. The van der Waals surface area contributed by atoms with E-state index in [2.05, 4.69) is 5.43 Å². The van der Waals surface area contributed by atoms with Gasteiger partial charge in [0.05, 0.1) is 25.2 Å². The monoisotopic (exact) mass is 387 g/mol. The molecule has 0 aliphatic carbocycles. The molecule has 3 N–H and O–H groups in total. The second-order valence-corrected chi connectivity index (χ2v) is 5.63. The van der Waals surface area contributed by atoms with E-state index in [4.69, 9.17) is 15.2 Å². The summed E-state index contributed by atoms with van der Waals surface area (Å²) in [4.78, 5) is 49.1. The molecule has 1 aromatic carbocycles. The molecule has 9 nitrogen and oxygen atoms in total. The van der Waals surface area contributed by atoms with Crippen LogP contribution in [0.1, 0.15) is 40.1 Å². The molecule has 1 heterocycles. The van der Waals surface area contributed by atoms with E-state index in [-0.39, 0.29) is 30.8 Å². The van der Waals surface area contributed by atoms with E-state index in [1.54, 1.807) is 38.1 Å². The van der Waals surface area contributed by atoms with Gasteiger partial charge in [-0.05, 0) is 19.4 Å². The van der Waals surface area contributed by atoms with Crippen LogP contribution in [0.5, 0.6) is 0 Å². The lowest BCUT2D eigenvalue weighted by Crippen LogP contribution is -2.37. The van der Waals surface area contributed by atoms with Crippen LogP contribution in [0.2, 0.25) is 0 Å². The zero-order valence-corrected chi connectivity index (χ0v) is 15.6. The largest absolute Gasteiger partial charge is 0.462 e. The van der Waals surface area contributed by atoms with Crippen molar-refractivity contribution in [3.8, 4) is 0 Å². The number of nitrogens with one attached hydrogen (secondary N) is 1. The number of benzene rings is 1. The Labute approximate surface area is 161 Å². The van der Waals surface area contributed by atoms with Gasteiger partial charge in [0, 0.05) is 6.07 Å². The minimum Gasteiger partial charge on any atom is -0.462 e. The van der Waals surface area contributed by atoms with Crippen molar-refractivity contribution in [3.63, 3.8) is 0 Å². The maximum atomic E-state index is 12.4. The maximum absolute atomic E-state index is 12.4. The van der Waals surface area contributed by atoms with Crippen molar-refractivity contribution in [1.29, 1.82) is 0 Å². The molecule has 0 unspecified atom stereocenters. The molecule has 1 amide bonds. The van der Waals surface area contributed by atoms with Gasteiger partial charge in [0.15, 0.2) is 0 Å². The van der Waals surface area contributed by atoms with Gasteiger partial charge in [-0.25, -0.2) is 14.3 Å². The van der Waals surface area contributed by atoms with Crippen LogP contribution in [0, 0.1) is 0 Å². The molecule has 0 saturated heterocycles. The lowest BCUT2D eigenvalue weighted by molar-refractivity contribution is -0.116. The molecular weight excluding hydrogens is 366 g/mol. The van der Waals surface area contributed by atoms with Crippen LogP contribution in [-0.4, -0.2) is 35.7 Å². The Morgan fingerprint density at radius 2 is 1.64 bits per heavy atom. The fourth-order valence-electron chi connectivity index (χ4n) is 2.48. The summed E-state index contributed by atoms with van der Waals surface area (Å²) in [6, 6.07) is 9.73. The number of aromatic nitrogens is 1. The van der Waals surface area contributed by atoms with Gasteiger partial charge in [-0.1, -0.05) is 30.3 Å². The van der Waals surface area contributed by atoms with Gasteiger partial charge in [-0.3, -0.25) is 15.0 Å². The fraction of sp³-hybridized carbons (Fsp3) is 0.263. The van der Waals surface area contributed by atoms with Crippen LogP contribution in [-0.2, 0) is 20.7 Å². The first-order valence-corrected chi connectivity index (χ1v) is 8.62. The number of amides is 1. The van der Waals surface area contributed by atoms with Crippen LogP contribution in [0.4, 0.5) is 5.82 Å². The Morgan fingerprint density at radius 3 is 2.25 bits per heavy atom. The molecule has 0 fully saturated rings. The number of nitrogens with zero attached hydrogens (tertiary/aromatic N) is 1. The molecule has 0 radical (unpaired) electrons. The summed E-state index contributed by atoms with van der Waals surface area (Å²) in [5.41, 5.74) is 7.53. The van der Waals surface area contributed by atoms with Gasteiger partial charge in [0.1, 0.15) is 11.4 Å². The van der Waals surface area contributed by atoms with Crippen molar-refractivity contribution >= 4 is 23.7 Å². The van der Waals surface area contributed by atoms with Gasteiger partial charge in [0.25, 0.3) is 5.56 Å². The molecule has 1 aromatic heterocycles. The molecular formula is C19H21N3O6. The average molecular weight is 387 g/mol. The summed E-state index contributed by atoms with van der Waals surface area (Å²) < 4.78 is 10.5. The third-order valence-corrected chi connectivity index (χ3v) is 3.67. The number of carbonyl (C=O) groups excluding carboxylic acids is 3. The summed E-state index contributed by atoms with van der Waals surface area (Å²) in [5.74, 6) is -2.75. The number of carbonyl (C=O) groups is 3. The Morgan fingerprint density at radius 1 is 1.04 bits per heavy atom. The molecule has 148 valence electrons. The standard InChI is InChI=1S/C19H21N3O6/c1-3-27-18(25)13-11-15(24)22(17(20)16(13)19(26)28-4-2)21-14(23)10-12-8-6-5-7-9-12/h5-9,11H,3-4,10,20H2,1-2H3,(H,21,23). The lowest BCUT2D eigenvalue weighted by Gasteiger charge is -2.16. The van der Waals surface area contributed by atoms with Crippen molar-refractivity contribution in [2.24, 2.45) is 0 Å². The zero-order chi connectivity index (χ0) is 20.7. The molecule has 0 spiro atoms. The summed E-state index contributed by atoms with van der Waals surface area (Å²) in [6.45, 7) is 3.23. The van der Waals surface area contributed by atoms with E-state index in [1.807, 2.05) is 6.07 Å². The van der Waals surface area contributed by atoms with Crippen LogP contribution < -0.4 is 16.7 Å². The quantitative estimate of drug-likeness (QED) is 0.680. The molecule has 2 rings (SSSR count). The number of ether oxygens (including phenoxy) is 2. The first kappa shape index (κ1) is 20.7. The van der Waals surface area contributed by atoms with Gasteiger partial charge in [-0.2, -0.15) is 0 Å². The van der Waals surface area contributed by atoms with E-state index in [9.17, 15) is 19.2 Å². The van der Waals surface area contributed by atoms with Crippen LogP contribution in [0.25, 0.3) is 0 Å². The third-order valence-electron chi connectivity index (χ3n) is 3.67. The van der Waals surface area contributed by atoms with E-state index >= 15 is 0 Å². The van der Waals surface area contributed by atoms with Crippen molar-refractivity contribution in [3.05, 3.63) is 63.4 Å². The predicted octanol–water partition coefficient (Wildman–Crippen LogP) is 1.10.